The summed E-state index contributed by atoms with van der Waals surface area (Å²) in [4.78, 5) is 12.0. The molecule has 2 unspecified atom stereocenters. The largest absolute Gasteiger partial charge is 0.419 e. The van der Waals surface area contributed by atoms with Gasteiger partial charge in [0.1, 0.15) is 5.82 Å². The highest BCUT2D eigenvalue weighted by Gasteiger charge is 2.37. The lowest BCUT2D eigenvalue weighted by Crippen LogP contribution is -2.34. The van der Waals surface area contributed by atoms with Gasteiger partial charge in [0.05, 0.1) is 24.7 Å². The third-order valence-corrected chi connectivity index (χ3v) is 3.02. The van der Waals surface area contributed by atoms with Crippen LogP contribution in [0.3, 0.4) is 0 Å². The number of Topliss-reactive ketones (excluding diaryl/α,β-unsaturated/α-hetero) is 1. The monoisotopic (exact) mass is 277 g/mol. The average molecular weight is 277 g/mol. The van der Waals surface area contributed by atoms with Gasteiger partial charge in [0.2, 0.25) is 0 Å². The number of ketones is 1. The molecule has 2 N–H and O–H groups in total. The summed E-state index contributed by atoms with van der Waals surface area (Å²) in [5.41, 5.74) is 3.97. The van der Waals surface area contributed by atoms with Gasteiger partial charge in [0.25, 0.3) is 0 Å². The summed E-state index contributed by atoms with van der Waals surface area (Å²) >= 11 is 0. The fourth-order valence-electron chi connectivity index (χ4n) is 1.95. The Morgan fingerprint density at radius 3 is 2.53 bits per heavy atom. The van der Waals surface area contributed by atoms with Crippen molar-refractivity contribution in [2.24, 2.45) is 11.7 Å². The summed E-state index contributed by atoms with van der Waals surface area (Å²) in [6, 6.07) is 1.63. The Hall–Kier alpha value is -1.47. The van der Waals surface area contributed by atoms with E-state index in [4.69, 9.17) is 10.5 Å². The van der Waals surface area contributed by atoms with Crippen molar-refractivity contribution in [2.75, 3.05) is 13.2 Å². The molecule has 1 aliphatic heterocycles. The highest BCUT2D eigenvalue weighted by molar-refractivity contribution is 5.98. The van der Waals surface area contributed by atoms with Crippen molar-refractivity contribution in [1.29, 1.82) is 0 Å². The van der Waals surface area contributed by atoms with Crippen LogP contribution in [0, 0.1) is 11.7 Å². The highest BCUT2D eigenvalue weighted by Crippen LogP contribution is 2.32. The molecule has 0 spiro atoms. The number of alkyl halides is 3. The Labute approximate surface area is 106 Å². The van der Waals surface area contributed by atoms with Crippen LogP contribution in [0.2, 0.25) is 0 Å². The number of rotatable bonds is 2. The van der Waals surface area contributed by atoms with Crippen LogP contribution in [0.25, 0.3) is 0 Å². The van der Waals surface area contributed by atoms with Gasteiger partial charge in [-0.05, 0) is 18.2 Å². The van der Waals surface area contributed by atoms with E-state index in [0.29, 0.717) is 12.1 Å². The minimum atomic E-state index is -4.84. The zero-order chi connectivity index (χ0) is 14.2. The van der Waals surface area contributed by atoms with Crippen molar-refractivity contribution in [3.8, 4) is 0 Å². The van der Waals surface area contributed by atoms with E-state index in [0.717, 1.165) is 6.07 Å². The predicted octanol–water partition coefficient (Wildman–Crippen LogP) is 2.00. The number of hydrogen-bond donors (Lipinski definition) is 1. The van der Waals surface area contributed by atoms with Gasteiger partial charge in [0, 0.05) is 11.6 Å². The van der Waals surface area contributed by atoms with Gasteiger partial charge in [-0.3, -0.25) is 4.79 Å². The maximum atomic E-state index is 13.1. The molecule has 1 aliphatic rings. The van der Waals surface area contributed by atoms with Crippen LogP contribution in [0.15, 0.2) is 18.2 Å². The average Bonchev–Trinajstić information content (AvgIpc) is 2.73. The first-order valence-electron chi connectivity index (χ1n) is 5.55. The minimum absolute atomic E-state index is 0.0682. The first kappa shape index (κ1) is 14.0. The van der Waals surface area contributed by atoms with Crippen molar-refractivity contribution >= 4 is 5.78 Å². The van der Waals surface area contributed by atoms with Crippen molar-refractivity contribution in [1.82, 2.24) is 0 Å². The third kappa shape index (κ3) is 2.76. The van der Waals surface area contributed by atoms with Crippen molar-refractivity contribution in [3.63, 3.8) is 0 Å². The first-order chi connectivity index (χ1) is 8.80. The molecule has 1 fully saturated rings. The molecule has 2 rings (SSSR count). The second-order valence-corrected chi connectivity index (χ2v) is 4.36. The molecule has 0 bridgehead atoms. The minimum Gasteiger partial charge on any atom is -0.379 e. The molecule has 0 radical (unpaired) electrons. The van der Waals surface area contributed by atoms with Gasteiger partial charge < -0.3 is 10.5 Å². The van der Waals surface area contributed by atoms with Crippen LogP contribution in [-0.4, -0.2) is 25.0 Å². The maximum Gasteiger partial charge on any atom is 0.419 e. The Kier molecular flexibility index (Phi) is 3.60. The topological polar surface area (TPSA) is 52.3 Å². The maximum absolute atomic E-state index is 13.1. The number of hydrogen-bond acceptors (Lipinski definition) is 3. The lowest BCUT2D eigenvalue weighted by molar-refractivity contribution is -0.140. The molecule has 19 heavy (non-hydrogen) atoms. The molecule has 104 valence electrons. The summed E-state index contributed by atoms with van der Waals surface area (Å²) in [6.45, 7) is 0.252. The van der Waals surface area contributed by atoms with E-state index in [9.17, 15) is 22.4 Å². The smallest absolute Gasteiger partial charge is 0.379 e. The molecule has 0 aromatic heterocycles. The molecule has 7 heteroatoms. The number of nitrogens with two attached hydrogens (primary N) is 1. The van der Waals surface area contributed by atoms with Crippen molar-refractivity contribution in [2.45, 2.75) is 12.2 Å². The second-order valence-electron chi connectivity index (χ2n) is 4.36. The van der Waals surface area contributed by atoms with E-state index >= 15 is 0 Å². The third-order valence-electron chi connectivity index (χ3n) is 3.02. The number of carbonyl (C=O) groups is 1. The van der Waals surface area contributed by atoms with Crippen LogP contribution in [0.5, 0.6) is 0 Å². The van der Waals surface area contributed by atoms with E-state index in [1.807, 2.05) is 0 Å². The lowest BCUT2D eigenvalue weighted by Gasteiger charge is -2.14. The summed E-state index contributed by atoms with van der Waals surface area (Å²) < 4.78 is 55.7. The Bertz CT molecular complexity index is 501. The molecule has 0 aliphatic carbocycles. The SMILES string of the molecule is NC1COCC1C(=O)c1ccc(F)c(C(F)(F)F)c1. The molecule has 1 aromatic rings. The molecule has 0 saturated carbocycles. The number of halogens is 4. The fraction of sp³-hybridized carbons (Fsp3) is 0.417. The van der Waals surface area contributed by atoms with Gasteiger partial charge in [0.15, 0.2) is 5.78 Å². The Morgan fingerprint density at radius 1 is 1.32 bits per heavy atom. The standard InChI is InChI=1S/C12H11F4NO2/c13-9-2-1-6(3-8(9)12(14,15)16)11(18)7-4-19-5-10(7)17/h1-3,7,10H,4-5,17H2. The molecule has 1 heterocycles. The predicted molar refractivity (Wildman–Crippen MR) is 58.0 cm³/mol. The summed E-state index contributed by atoms with van der Waals surface area (Å²) in [5, 5.41) is 0. The molecule has 1 aromatic carbocycles. The normalized spacial score (nSPS) is 23.6. The van der Waals surface area contributed by atoms with Crippen LogP contribution >= 0.6 is 0 Å². The second kappa shape index (κ2) is 4.90. The van der Waals surface area contributed by atoms with Gasteiger partial charge >= 0.3 is 6.18 Å². The van der Waals surface area contributed by atoms with Crippen LogP contribution in [-0.2, 0) is 10.9 Å². The van der Waals surface area contributed by atoms with Gasteiger partial charge in [-0.1, -0.05) is 0 Å². The molecule has 2 atom stereocenters. The zero-order valence-electron chi connectivity index (χ0n) is 9.71. The molecule has 1 saturated heterocycles. The summed E-state index contributed by atoms with van der Waals surface area (Å²) in [5.74, 6) is -2.65. The lowest BCUT2D eigenvalue weighted by atomic mass is 9.93. The molecule has 0 amide bonds. The van der Waals surface area contributed by atoms with E-state index in [2.05, 4.69) is 0 Å². The van der Waals surface area contributed by atoms with Gasteiger partial charge in [-0.25, -0.2) is 4.39 Å². The quantitative estimate of drug-likeness (QED) is 0.664. The number of ether oxygens (including phenoxy) is 1. The number of benzene rings is 1. The van der Waals surface area contributed by atoms with E-state index in [1.165, 1.54) is 0 Å². The molecule has 3 nitrogen and oxygen atoms in total. The fourth-order valence-corrected chi connectivity index (χ4v) is 1.95. The molecular formula is C12H11F4NO2. The van der Waals surface area contributed by atoms with Crippen molar-refractivity contribution < 1.29 is 27.1 Å². The summed E-state index contributed by atoms with van der Waals surface area (Å²) in [7, 11) is 0. The van der Waals surface area contributed by atoms with E-state index in [-0.39, 0.29) is 18.8 Å². The van der Waals surface area contributed by atoms with Crippen molar-refractivity contribution in [3.05, 3.63) is 35.1 Å². The van der Waals surface area contributed by atoms with Crippen LogP contribution in [0.1, 0.15) is 15.9 Å². The highest BCUT2D eigenvalue weighted by atomic mass is 19.4. The van der Waals surface area contributed by atoms with E-state index in [1.54, 1.807) is 0 Å². The number of carbonyl (C=O) groups excluding carboxylic acids is 1. The van der Waals surface area contributed by atoms with Gasteiger partial charge in [-0.2, -0.15) is 13.2 Å². The van der Waals surface area contributed by atoms with Gasteiger partial charge in [-0.15, -0.1) is 0 Å². The van der Waals surface area contributed by atoms with E-state index < -0.39 is 35.3 Å². The van der Waals surface area contributed by atoms with Crippen LogP contribution < -0.4 is 5.73 Å². The van der Waals surface area contributed by atoms with Crippen LogP contribution in [0.4, 0.5) is 17.6 Å². The molecular weight excluding hydrogens is 266 g/mol. The summed E-state index contributed by atoms with van der Waals surface area (Å²) in [6.07, 6.45) is -4.84. The zero-order valence-corrected chi connectivity index (χ0v) is 9.71. The Balaban J connectivity index is 2.33. The first-order valence-corrected chi connectivity index (χ1v) is 5.55. The Morgan fingerprint density at radius 2 is 2.00 bits per heavy atom.